The average Bonchev–Trinajstić information content (AvgIpc) is 3.25. The van der Waals surface area contributed by atoms with Gasteiger partial charge in [-0.3, -0.25) is 9.69 Å². The van der Waals surface area contributed by atoms with Crippen LogP contribution in [0.3, 0.4) is 0 Å². The highest BCUT2D eigenvalue weighted by molar-refractivity contribution is 7.17. The summed E-state index contributed by atoms with van der Waals surface area (Å²) < 4.78 is 5.51. The number of thiophene rings is 1. The number of nitrogens with zero attached hydrogens (tertiary/aromatic N) is 3. The number of para-hydroxylation sites is 2. The summed E-state index contributed by atoms with van der Waals surface area (Å²) in [6.45, 7) is 4.26. The van der Waals surface area contributed by atoms with Crippen LogP contribution in [0.2, 0.25) is 0 Å². The van der Waals surface area contributed by atoms with Crippen LogP contribution >= 0.6 is 11.3 Å². The number of piperazine rings is 1. The quantitative estimate of drug-likeness (QED) is 0.517. The third kappa shape index (κ3) is 3.94. The number of ether oxygens (including phenoxy) is 1. The van der Waals surface area contributed by atoms with Crippen molar-refractivity contribution in [1.29, 1.82) is 0 Å². The Morgan fingerprint density at radius 3 is 2.55 bits per heavy atom. The van der Waals surface area contributed by atoms with E-state index in [2.05, 4.69) is 20.9 Å². The van der Waals surface area contributed by atoms with Gasteiger partial charge in [0.2, 0.25) is 0 Å². The first-order valence-corrected chi connectivity index (χ1v) is 11.3. The summed E-state index contributed by atoms with van der Waals surface area (Å²) in [4.78, 5) is 26.1. The highest BCUT2D eigenvalue weighted by atomic mass is 32.1. The molecule has 0 radical (unpaired) electrons. The van der Waals surface area contributed by atoms with E-state index in [1.165, 1.54) is 11.3 Å². The number of aromatic nitrogens is 2. The van der Waals surface area contributed by atoms with Crippen molar-refractivity contribution in [1.82, 2.24) is 14.9 Å². The summed E-state index contributed by atoms with van der Waals surface area (Å²) in [5.74, 6) is 1.63. The van der Waals surface area contributed by atoms with Gasteiger partial charge in [0.1, 0.15) is 16.4 Å². The molecule has 0 saturated carbocycles. The lowest BCUT2D eigenvalue weighted by atomic mass is 10.1. The largest absolute Gasteiger partial charge is 0.495 e. The number of rotatable bonds is 5. The molecule has 1 aliphatic rings. The number of aromatic amines is 1. The summed E-state index contributed by atoms with van der Waals surface area (Å²) in [6.07, 6.45) is 0. The smallest absolute Gasteiger partial charge is 0.260 e. The molecule has 6 nitrogen and oxygen atoms in total. The Balaban J connectivity index is 1.31. The number of hydrogen-bond acceptors (Lipinski definition) is 6. The van der Waals surface area contributed by atoms with E-state index >= 15 is 0 Å². The van der Waals surface area contributed by atoms with Crippen LogP contribution in [0.1, 0.15) is 5.82 Å². The van der Waals surface area contributed by atoms with E-state index in [-0.39, 0.29) is 5.56 Å². The normalized spacial score (nSPS) is 14.8. The van der Waals surface area contributed by atoms with E-state index < -0.39 is 0 Å². The second-order valence-electron chi connectivity index (χ2n) is 7.64. The predicted octanol–water partition coefficient (Wildman–Crippen LogP) is 3.98. The first kappa shape index (κ1) is 19.8. The molecule has 1 aliphatic heterocycles. The number of fused-ring (bicyclic) bond motifs is 1. The number of methoxy groups -OCH3 is 1. The van der Waals surface area contributed by atoms with Crippen molar-refractivity contribution >= 4 is 27.2 Å². The molecule has 0 bridgehead atoms. The standard InChI is InChI=1S/C24H24N4O2S/c1-30-20-10-6-5-9-19(20)28-13-11-27(12-14-28)15-21-25-23(29)22-18(16-31-24(22)26-21)17-7-3-2-4-8-17/h2-10,16H,11-15H2,1H3,(H,25,26,29). The maximum atomic E-state index is 12.9. The first-order valence-electron chi connectivity index (χ1n) is 10.4. The Kier molecular flexibility index (Phi) is 5.44. The van der Waals surface area contributed by atoms with Crippen LogP contribution in [0.4, 0.5) is 5.69 Å². The molecule has 5 rings (SSSR count). The number of nitrogens with one attached hydrogen (secondary N) is 1. The minimum atomic E-state index is -0.0623. The second kappa shape index (κ2) is 8.53. The molecule has 4 aromatic rings. The molecule has 2 aromatic carbocycles. The number of benzene rings is 2. The van der Waals surface area contributed by atoms with Crippen molar-refractivity contribution in [3.8, 4) is 16.9 Å². The zero-order valence-electron chi connectivity index (χ0n) is 17.4. The van der Waals surface area contributed by atoms with E-state index in [4.69, 9.17) is 9.72 Å². The Morgan fingerprint density at radius 2 is 1.77 bits per heavy atom. The lowest BCUT2D eigenvalue weighted by molar-refractivity contribution is 0.243. The summed E-state index contributed by atoms with van der Waals surface area (Å²) in [6, 6.07) is 18.1. The van der Waals surface area contributed by atoms with Crippen LogP contribution in [0.25, 0.3) is 21.3 Å². The number of H-pyrrole nitrogens is 1. The average molecular weight is 433 g/mol. The van der Waals surface area contributed by atoms with Crippen LogP contribution in [0.5, 0.6) is 5.75 Å². The van der Waals surface area contributed by atoms with Crippen molar-refractivity contribution < 1.29 is 4.74 Å². The van der Waals surface area contributed by atoms with E-state index in [0.717, 1.165) is 59.4 Å². The van der Waals surface area contributed by atoms with Crippen molar-refractivity contribution in [2.24, 2.45) is 0 Å². The van der Waals surface area contributed by atoms with Gasteiger partial charge in [-0.25, -0.2) is 4.98 Å². The Morgan fingerprint density at radius 1 is 1.03 bits per heavy atom. The van der Waals surface area contributed by atoms with Crippen LogP contribution in [-0.4, -0.2) is 48.2 Å². The van der Waals surface area contributed by atoms with Gasteiger partial charge in [-0.15, -0.1) is 11.3 Å². The van der Waals surface area contributed by atoms with Crippen molar-refractivity contribution in [2.75, 3.05) is 38.2 Å². The first-order chi connectivity index (χ1) is 15.2. The molecule has 7 heteroatoms. The van der Waals surface area contributed by atoms with Gasteiger partial charge in [0.05, 0.1) is 24.7 Å². The van der Waals surface area contributed by atoms with E-state index in [9.17, 15) is 4.79 Å². The van der Waals surface area contributed by atoms with Crippen LogP contribution < -0.4 is 15.2 Å². The summed E-state index contributed by atoms with van der Waals surface area (Å²) in [5, 5.41) is 2.71. The molecule has 1 fully saturated rings. The fraction of sp³-hybridized carbons (Fsp3) is 0.250. The van der Waals surface area contributed by atoms with E-state index in [1.54, 1.807) is 7.11 Å². The van der Waals surface area contributed by atoms with Gasteiger partial charge in [0, 0.05) is 37.1 Å². The zero-order valence-corrected chi connectivity index (χ0v) is 18.2. The molecule has 3 heterocycles. The Labute approximate surface area is 184 Å². The van der Waals surface area contributed by atoms with Crippen LogP contribution in [-0.2, 0) is 6.54 Å². The fourth-order valence-corrected chi connectivity index (χ4v) is 5.12. The lowest BCUT2D eigenvalue weighted by Gasteiger charge is -2.36. The molecule has 0 aliphatic carbocycles. The number of hydrogen-bond donors (Lipinski definition) is 1. The van der Waals surface area contributed by atoms with Gasteiger partial charge >= 0.3 is 0 Å². The molecule has 0 atom stereocenters. The molecule has 1 N–H and O–H groups in total. The monoisotopic (exact) mass is 432 g/mol. The van der Waals surface area contributed by atoms with E-state index in [0.29, 0.717) is 11.9 Å². The van der Waals surface area contributed by atoms with Crippen LogP contribution in [0, 0.1) is 0 Å². The van der Waals surface area contributed by atoms with Crippen molar-refractivity contribution in [3.63, 3.8) is 0 Å². The third-order valence-corrected chi connectivity index (χ3v) is 6.62. The maximum Gasteiger partial charge on any atom is 0.260 e. The topological polar surface area (TPSA) is 61.5 Å². The molecule has 2 aromatic heterocycles. The molecule has 0 unspecified atom stereocenters. The van der Waals surface area contributed by atoms with Crippen molar-refractivity contribution in [3.05, 3.63) is 76.2 Å². The molecule has 0 amide bonds. The molecule has 158 valence electrons. The van der Waals surface area contributed by atoms with E-state index in [1.807, 2.05) is 53.9 Å². The number of anilines is 1. The van der Waals surface area contributed by atoms with Gasteiger partial charge in [0.25, 0.3) is 5.56 Å². The minimum absolute atomic E-state index is 0.0623. The molecular weight excluding hydrogens is 408 g/mol. The molecule has 0 spiro atoms. The van der Waals surface area contributed by atoms with Gasteiger partial charge in [-0.2, -0.15) is 0 Å². The van der Waals surface area contributed by atoms with Gasteiger partial charge in [-0.1, -0.05) is 42.5 Å². The van der Waals surface area contributed by atoms with Crippen molar-refractivity contribution in [2.45, 2.75) is 6.54 Å². The van der Waals surface area contributed by atoms with Gasteiger partial charge in [-0.05, 0) is 17.7 Å². The summed E-state index contributed by atoms with van der Waals surface area (Å²) >= 11 is 1.53. The fourth-order valence-electron chi connectivity index (χ4n) is 4.15. The summed E-state index contributed by atoms with van der Waals surface area (Å²) in [7, 11) is 1.71. The lowest BCUT2D eigenvalue weighted by Crippen LogP contribution is -2.46. The van der Waals surface area contributed by atoms with Crippen LogP contribution in [0.15, 0.2) is 64.8 Å². The predicted molar refractivity (Wildman–Crippen MR) is 126 cm³/mol. The molecule has 1 saturated heterocycles. The highest BCUT2D eigenvalue weighted by Crippen LogP contribution is 2.31. The molecule has 31 heavy (non-hydrogen) atoms. The zero-order chi connectivity index (χ0) is 21.2. The van der Waals surface area contributed by atoms with Gasteiger partial charge in [0.15, 0.2) is 0 Å². The van der Waals surface area contributed by atoms with Gasteiger partial charge < -0.3 is 14.6 Å². The second-order valence-corrected chi connectivity index (χ2v) is 8.50. The highest BCUT2D eigenvalue weighted by Gasteiger charge is 2.21. The maximum absolute atomic E-state index is 12.9. The minimum Gasteiger partial charge on any atom is -0.495 e. The Hall–Kier alpha value is -3.16. The third-order valence-electron chi connectivity index (χ3n) is 5.75. The Bertz CT molecular complexity index is 1240. The summed E-state index contributed by atoms with van der Waals surface area (Å²) in [5.41, 5.74) is 3.06. The SMILES string of the molecule is COc1ccccc1N1CCN(Cc2nc3scc(-c4ccccc4)c3c(=O)[nH]2)CC1. The molecular formula is C24H24N4O2S.